The van der Waals surface area contributed by atoms with Crippen molar-refractivity contribution in [3.05, 3.63) is 35.4 Å². The Morgan fingerprint density at radius 1 is 1.18 bits per heavy atom. The van der Waals surface area contributed by atoms with Crippen LogP contribution in [0.5, 0.6) is 0 Å². The third kappa shape index (κ3) is 5.22. The molecule has 0 aliphatic carbocycles. The molecule has 0 amide bonds. The fourth-order valence-corrected chi connectivity index (χ4v) is 3.35. The Balaban J connectivity index is 1.71. The molecule has 3 heteroatoms. The smallest absolute Gasteiger partial charge is 0.129 e. The number of rotatable bonds is 9. The molecule has 122 valence electrons. The van der Waals surface area contributed by atoms with E-state index in [9.17, 15) is 9.90 Å². The minimum Gasteiger partial charge on any atom is -0.395 e. The van der Waals surface area contributed by atoms with E-state index >= 15 is 0 Å². The molecule has 1 aromatic carbocycles. The molecule has 0 saturated carbocycles. The molecule has 22 heavy (non-hydrogen) atoms. The molecule has 0 spiro atoms. The van der Waals surface area contributed by atoms with E-state index in [1.807, 2.05) is 0 Å². The zero-order chi connectivity index (χ0) is 15.8. The summed E-state index contributed by atoms with van der Waals surface area (Å²) in [7, 11) is 0. The lowest BCUT2D eigenvalue weighted by atomic mass is 9.91. The maximum atomic E-state index is 10.9. The lowest BCUT2D eigenvalue weighted by Gasteiger charge is -2.17. The highest BCUT2D eigenvalue weighted by Crippen LogP contribution is 2.27. The van der Waals surface area contributed by atoms with Gasteiger partial charge in [-0.05, 0) is 50.3 Å². The van der Waals surface area contributed by atoms with Crippen LogP contribution in [0.15, 0.2) is 24.3 Å². The van der Waals surface area contributed by atoms with E-state index in [4.69, 9.17) is 0 Å². The average Bonchev–Trinajstić information content (AvgIpc) is 2.99. The van der Waals surface area contributed by atoms with E-state index in [0.29, 0.717) is 11.7 Å². The topological polar surface area (TPSA) is 49.3 Å². The summed E-state index contributed by atoms with van der Waals surface area (Å²) in [5, 5.41) is 12.7. The summed E-state index contributed by atoms with van der Waals surface area (Å²) in [4.78, 5) is 10.9. The minimum absolute atomic E-state index is 0.215. The second kappa shape index (κ2) is 9.06. The third-order valence-electron chi connectivity index (χ3n) is 4.70. The summed E-state index contributed by atoms with van der Waals surface area (Å²) in [6.45, 7) is 2.88. The fourth-order valence-electron chi connectivity index (χ4n) is 3.35. The standard InChI is InChI=1S/C19H29NO2/c1-15(22)6-4-2-3-5-7-16-8-10-17(11-9-16)18-12-13-20-19(18)14-21/h8-11,18-21H,2-7,12-14H2,1H3/t18-,19-/m1/s1. The van der Waals surface area contributed by atoms with Crippen molar-refractivity contribution in [2.24, 2.45) is 0 Å². The van der Waals surface area contributed by atoms with Crippen LogP contribution in [0.4, 0.5) is 0 Å². The van der Waals surface area contributed by atoms with Crippen LogP contribution < -0.4 is 5.32 Å². The molecule has 1 aliphatic heterocycles. The van der Waals surface area contributed by atoms with Crippen LogP contribution in [-0.2, 0) is 11.2 Å². The van der Waals surface area contributed by atoms with E-state index < -0.39 is 0 Å². The first-order valence-corrected chi connectivity index (χ1v) is 8.63. The number of Topliss-reactive ketones (excluding diaryl/α,β-unsaturated/α-hetero) is 1. The third-order valence-corrected chi connectivity index (χ3v) is 4.70. The van der Waals surface area contributed by atoms with Crippen LogP contribution in [0, 0.1) is 0 Å². The lowest BCUT2D eigenvalue weighted by molar-refractivity contribution is -0.117. The number of carbonyl (C=O) groups is 1. The molecule has 2 atom stereocenters. The molecular weight excluding hydrogens is 274 g/mol. The van der Waals surface area contributed by atoms with Crippen molar-refractivity contribution < 1.29 is 9.90 Å². The highest BCUT2D eigenvalue weighted by Gasteiger charge is 2.27. The number of aliphatic hydroxyl groups excluding tert-OH is 1. The van der Waals surface area contributed by atoms with Gasteiger partial charge in [0.25, 0.3) is 0 Å². The number of unbranched alkanes of at least 4 members (excludes halogenated alkanes) is 3. The fraction of sp³-hybridized carbons (Fsp3) is 0.632. The van der Waals surface area contributed by atoms with Crippen molar-refractivity contribution in [3.8, 4) is 0 Å². The Morgan fingerprint density at radius 3 is 2.59 bits per heavy atom. The van der Waals surface area contributed by atoms with Gasteiger partial charge in [-0.2, -0.15) is 0 Å². The molecule has 1 heterocycles. The molecule has 0 unspecified atom stereocenters. The second-order valence-electron chi connectivity index (χ2n) is 6.50. The normalized spacial score (nSPS) is 21.2. The molecule has 0 bridgehead atoms. The molecule has 1 aromatic rings. The molecule has 1 fully saturated rings. The van der Waals surface area contributed by atoms with E-state index in [-0.39, 0.29) is 12.6 Å². The largest absolute Gasteiger partial charge is 0.395 e. The van der Waals surface area contributed by atoms with Crippen molar-refractivity contribution in [2.75, 3.05) is 13.2 Å². The predicted molar refractivity (Wildman–Crippen MR) is 90.1 cm³/mol. The maximum Gasteiger partial charge on any atom is 0.129 e. The van der Waals surface area contributed by atoms with Gasteiger partial charge in [-0.15, -0.1) is 0 Å². The van der Waals surface area contributed by atoms with Gasteiger partial charge < -0.3 is 15.2 Å². The first-order chi connectivity index (χ1) is 10.7. The number of ketones is 1. The Morgan fingerprint density at radius 2 is 1.91 bits per heavy atom. The number of nitrogens with one attached hydrogen (secondary N) is 1. The molecule has 3 nitrogen and oxygen atoms in total. The summed E-state index contributed by atoms with van der Waals surface area (Å²) in [5.74, 6) is 0.754. The van der Waals surface area contributed by atoms with Crippen molar-refractivity contribution in [1.29, 1.82) is 0 Å². The highest BCUT2D eigenvalue weighted by molar-refractivity contribution is 5.75. The monoisotopic (exact) mass is 303 g/mol. The summed E-state index contributed by atoms with van der Waals surface area (Å²) in [6, 6.07) is 9.14. The van der Waals surface area contributed by atoms with Crippen molar-refractivity contribution >= 4 is 5.78 Å². The molecule has 0 radical (unpaired) electrons. The Hall–Kier alpha value is -1.19. The van der Waals surface area contributed by atoms with Crippen LogP contribution in [0.2, 0.25) is 0 Å². The maximum absolute atomic E-state index is 10.9. The van der Waals surface area contributed by atoms with Gasteiger partial charge >= 0.3 is 0 Å². The van der Waals surface area contributed by atoms with Gasteiger partial charge in [0.1, 0.15) is 5.78 Å². The summed E-state index contributed by atoms with van der Waals surface area (Å²) in [6.07, 6.45) is 7.55. The molecule has 2 rings (SSSR count). The van der Waals surface area contributed by atoms with E-state index in [0.717, 1.165) is 38.6 Å². The lowest BCUT2D eigenvalue weighted by Crippen LogP contribution is -2.29. The molecular formula is C19H29NO2. The van der Waals surface area contributed by atoms with Gasteiger partial charge in [0.05, 0.1) is 6.61 Å². The molecule has 2 N–H and O–H groups in total. The summed E-state index contributed by atoms with van der Waals surface area (Å²) >= 11 is 0. The van der Waals surface area contributed by atoms with Gasteiger partial charge in [-0.1, -0.05) is 37.1 Å². The van der Waals surface area contributed by atoms with Crippen LogP contribution in [-0.4, -0.2) is 30.1 Å². The SMILES string of the molecule is CC(=O)CCCCCCc1ccc([C@H]2CCN[C@@H]2CO)cc1. The first kappa shape index (κ1) is 17.2. The van der Waals surface area contributed by atoms with Gasteiger partial charge in [-0.3, -0.25) is 0 Å². The second-order valence-corrected chi connectivity index (χ2v) is 6.50. The van der Waals surface area contributed by atoms with Crippen molar-refractivity contribution in [3.63, 3.8) is 0 Å². The molecule has 1 aliphatic rings. The Kier molecular flexibility index (Phi) is 7.07. The van der Waals surface area contributed by atoms with Crippen LogP contribution >= 0.6 is 0 Å². The minimum atomic E-state index is 0.215. The van der Waals surface area contributed by atoms with E-state index in [1.54, 1.807) is 6.92 Å². The quantitative estimate of drug-likeness (QED) is 0.689. The molecule has 0 aromatic heterocycles. The number of hydrogen-bond acceptors (Lipinski definition) is 3. The number of benzene rings is 1. The van der Waals surface area contributed by atoms with Gasteiger partial charge in [0.15, 0.2) is 0 Å². The van der Waals surface area contributed by atoms with E-state index in [1.165, 1.54) is 24.0 Å². The Labute approximate surface area is 134 Å². The zero-order valence-electron chi connectivity index (χ0n) is 13.7. The van der Waals surface area contributed by atoms with Crippen molar-refractivity contribution in [2.45, 2.75) is 63.8 Å². The van der Waals surface area contributed by atoms with Gasteiger partial charge in [0.2, 0.25) is 0 Å². The van der Waals surface area contributed by atoms with Crippen LogP contribution in [0.1, 0.15) is 62.5 Å². The summed E-state index contributed by atoms with van der Waals surface area (Å²) in [5.41, 5.74) is 2.73. The van der Waals surface area contributed by atoms with Crippen LogP contribution in [0.3, 0.4) is 0 Å². The number of hydrogen-bond donors (Lipinski definition) is 2. The number of aryl methyl sites for hydroxylation is 1. The Bertz CT molecular complexity index is 455. The van der Waals surface area contributed by atoms with Gasteiger partial charge in [-0.25, -0.2) is 0 Å². The highest BCUT2D eigenvalue weighted by atomic mass is 16.3. The first-order valence-electron chi connectivity index (χ1n) is 8.63. The number of carbonyl (C=O) groups excluding carboxylic acids is 1. The van der Waals surface area contributed by atoms with Crippen LogP contribution in [0.25, 0.3) is 0 Å². The average molecular weight is 303 g/mol. The molecule has 1 saturated heterocycles. The number of aliphatic hydroxyl groups is 1. The zero-order valence-corrected chi connectivity index (χ0v) is 13.7. The van der Waals surface area contributed by atoms with Gasteiger partial charge in [0, 0.05) is 18.4 Å². The van der Waals surface area contributed by atoms with E-state index in [2.05, 4.69) is 29.6 Å². The predicted octanol–water partition coefficient (Wildman–Crippen LogP) is 3.21. The summed E-state index contributed by atoms with van der Waals surface area (Å²) < 4.78 is 0. The van der Waals surface area contributed by atoms with Crippen molar-refractivity contribution in [1.82, 2.24) is 5.32 Å².